The molecule has 2 nitrogen and oxygen atoms in total. The first-order valence-corrected chi connectivity index (χ1v) is 4.79. The van der Waals surface area contributed by atoms with E-state index in [0.717, 1.165) is 10.9 Å². The molecule has 14 heavy (non-hydrogen) atoms. The fraction of sp³-hybridized carbons (Fsp3) is 0.0909. The van der Waals surface area contributed by atoms with E-state index in [4.69, 9.17) is 11.6 Å². The number of hydrogen-bond donors (Lipinski definition) is 0. The molecule has 0 bridgehead atoms. The van der Waals surface area contributed by atoms with Crippen molar-refractivity contribution in [3.05, 3.63) is 42.1 Å². The van der Waals surface area contributed by atoms with Crippen LogP contribution in [-0.4, -0.2) is 16.6 Å². The first-order chi connectivity index (χ1) is 6.83. The molecule has 0 spiro atoms. The van der Waals surface area contributed by atoms with Crippen molar-refractivity contribution in [2.24, 2.45) is 0 Å². The van der Waals surface area contributed by atoms with Crippen molar-refractivity contribution in [3.8, 4) is 0 Å². The van der Waals surface area contributed by atoms with Crippen LogP contribution in [0.3, 0.4) is 0 Å². The third kappa shape index (κ3) is 1.49. The smallest absolute Gasteiger partial charge is 0.178 e. The number of ketones is 1. The first kappa shape index (κ1) is 9.16. The van der Waals surface area contributed by atoms with E-state index in [1.165, 1.54) is 0 Å². The van der Waals surface area contributed by atoms with Crippen molar-refractivity contribution in [1.29, 1.82) is 0 Å². The number of nitrogens with zero attached hydrogens (tertiary/aromatic N) is 1. The third-order valence-electron chi connectivity index (χ3n) is 2.07. The van der Waals surface area contributed by atoms with E-state index in [0.29, 0.717) is 5.56 Å². The molecule has 1 aromatic heterocycles. The second-order valence-electron chi connectivity index (χ2n) is 2.93. The van der Waals surface area contributed by atoms with E-state index in [2.05, 4.69) is 4.98 Å². The topological polar surface area (TPSA) is 30.0 Å². The third-order valence-corrected chi connectivity index (χ3v) is 2.31. The molecule has 2 aromatic rings. The molecule has 0 saturated heterocycles. The Kier molecular flexibility index (Phi) is 2.46. The maximum absolute atomic E-state index is 11.5. The average molecular weight is 206 g/mol. The Hall–Kier alpha value is -1.41. The highest BCUT2D eigenvalue weighted by molar-refractivity contribution is 6.31. The van der Waals surface area contributed by atoms with Gasteiger partial charge in [0, 0.05) is 17.1 Å². The zero-order valence-electron chi connectivity index (χ0n) is 7.40. The van der Waals surface area contributed by atoms with Crippen molar-refractivity contribution < 1.29 is 4.79 Å². The van der Waals surface area contributed by atoms with Crippen LogP contribution in [0.1, 0.15) is 10.4 Å². The van der Waals surface area contributed by atoms with Gasteiger partial charge in [-0.05, 0) is 12.1 Å². The highest BCUT2D eigenvalue weighted by Gasteiger charge is 2.07. The number of alkyl halides is 1. The molecule has 0 amide bonds. The molecule has 0 aliphatic rings. The van der Waals surface area contributed by atoms with Gasteiger partial charge in [0.2, 0.25) is 0 Å². The summed E-state index contributed by atoms with van der Waals surface area (Å²) < 4.78 is 0. The molecule has 3 heteroatoms. The van der Waals surface area contributed by atoms with Gasteiger partial charge in [-0.2, -0.15) is 0 Å². The summed E-state index contributed by atoms with van der Waals surface area (Å²) in [4.78, 5) is 15.6. The molecule has 0 aliphatic carbocycles. The van der Waals surface area contributed by atoms with Crippen molar-refractivity contribution in [2.75, 3.05) is 5.88 Å². The van der Waals surface area contributed by atoms with Gasteiger partial charge in [0.05, 0.1) is 11.4 Å². The van der Waals surface area contributed by atoms with Crippen molar-refractivity contribution >= 4 is 28.3 Å². The summed E-state index contributed by atoms with van der Waals surface area (Å²) in [5, 5.41) is 0.862. The Morgan fingerprint density at radius 2 is 2.07 bits per heavy atom. The van der Waals surface area contributed by atoms with Gasteiger partial charge in [0.25, 0.3) is 0 Å². The molecule has 1 aromatic carbocycles. The molecular formula is C11H8ClNO. The maximum Gasteiger partial charge on any atom is 0.178 e. The molecule has 0 N–H and O–H groups in total. The highest BCUT2D eigenvalue weighted by Crippen LogP contribution is 2.16. The Bertz CT molecular complexity index is 476. The molecular weight excluding hydrogens is 198 g/mol. The van der Waals surface area contributed by atoms with E-state index in [1.54, 1.807) is 12.3 Å². The maximum atomic E-state index is 11.5. The summed E-state index contributed by atoms with van der Waals surface area (Å²) in [7, 11) is 0. The molecule has 2 rings (SSSR count). The summed E-state index contributed by atoms with van der Waals surface area (Å²) in [5.41, 5.74) is 1.47. The number of rotatable bonds is 2. The number of aromatic nitrogens is 1. The normalized spacial score (nSPS) is 10.4. The zero-order chi connectivity index (χ0) is 9.97. The van der Waals surface area contributed by atoms with Crippen LogP contribution in [0.5, 0.6) is 0 Å². The lowest BCUT2D eigenvalue weighted by molar-refractivity contribution is 0.102. The van der Waals surface area contributed by atoms with Gasteiger partial charge < -0.3 is 0 Å². The summed E-state index contributed by atoms with van der Waals surface area (Å²) in [6.45, 7) is 0. The molecule has 0 unspecified atom stereocenters. The molecule has 0 saturated carbocycles. The number of para-hydroxylation sites is 1. The SMILES string of the molecule is O=C(CCl)c1ccnc2ccccc12. The van der Waals surface area contributed by atoms with Crippen LogP contribution in [0.2, 0.25) is 0 Å². The number of benzene rings is 1. The van der Waals surface area contributed by atoms with E-state index in [1.807, 2.05) is 24.3 Å². The van der Waals surface area contributed by atoms with Crippen molar-refractivity contribution in [3.63, 3.8) is 0 Å². The number of fused-ring (bicyclic) bond motifs is 1. The highest BCUT2D eigenvalue weighted by atomic mass is 35.5. The molecule has 0 atom stereocenters. The minimum Gasteiger partial charge on any atom is -0.293 e. The minimum atomic E-state index is -0.0646. The molecule has 0 radical (unpaired) electrons. The second-order valence-corrected chi connectivity index (χ2v) is 3.20. The first-order valence-electron chi connectivity index (χ1n) is 4.26. The van der Waals surface area contributed by atoms with Crippen LogP contribution >= 0.6 is 11.6 Å². The minimum absolute atomic E-state index is 0.00794. The van der Waals surface area contributed by atoms with Crippen LogP contribution in [0.15, 0.2) is 36.5 Å². The molecule has 1 heterocycles. The van der Waals surface area contributed by atoms with Gasteiger partial charge in [-0.15, -0.1) is 11.6 Å². The number of carbonyl (C=O) groups is 1. The second kappa shape index (κ2) is 3.76. The molecule has 70 valence electrons. The lowest BCUT2D eigenvalue weighted by atomic mass is 10.1. The van der Waals surface area contributed by atoms with Gasteiger partial charge in [-0.25, -0.2) is 0 Å². The van der Waals surface area contributed by atoms with Crippen molar-refractivity contribution in [1.82, 2.24) is 4.98 Å². The van der Waals surface area contributed by atoms with Crippen LogP contribution < -0.4 is 0 Å². The predicted molar refractivity (Wildman–Crippen MR) is 56.8 cm³/mol. The van der Waals surface area contributed by atoms with Gasteiger partial charge in [0.1, 0.15) is 0 Å². The number of Topliss-reactive ketones (excluding diaryl/α,β-unsaturated/α-hetero) is 1. The summed E-state index contributed by atoms with van der Waals surface area (Å²) in [6.07, 6.45) is 1.63. The quantitative estimate of drug-likeness (QED) is 0.557. The summed E-state index contributed by atoms with van der Waals surface area (Å²) in [5.74, 6) is -0.0566. The number of pyridine rings is 1. The standard InChI is InChI=1S/C11H8ClNO/c12-7-11(14)9-5-6-13-10-4-2-1-3-8(9)10/h1-6H,7H2. The fourth-order valence-corrected chi connectivity index (χ4v) is 1.55. The van der Waals surface area contributed by atoms with E-state index < -0.39 is 0 Å². The van der Waals surface area contributed by atoms with E-state index in [9.17, 15) is 4.79 Å². The number of halogens is 1. The zero-order valence-corrected chi connectivity index (χ0v) is 8.16. The Balaban J connectivity index is 2.71. The molecule has 0 fully saturated rings. The van der Waals surface area contributed by atoms with Crippen LogP contribution in [0, 0.1) is 0 Å². The number of hydrogen-bond acceptors (Lipinski definition) is 2. The van der Waals surface area contributed by atoms with Crippen LogP contribution in [0.25, 0.3) is 10.9 Å². The fourth-order valence-electron chi connectivity index (χ4n) is 1.41. The molecule has 0 aliphatic heterocycles. The van der Waals surface area contributed by atoms with Crippen molar-refractivity contribution in [2.45, 2.75) is 0 Å². The van der Waals surface area contributed by atoms with Gasteiger partial charge in [-0.1, -0.05) is 18.2 Å². The summed E-state index contributed by atoms with van der Waals surface area (Å²) in [6, 6.07) is 9.23. The monoisotopic (exact) mass is 205 g/mol. The lowest BCUT2D eigenvalue weighted by Crippen LogP contribution is -2.01. The van der Waals surface area contributed by atoms with E-state index in [-0.39, 0.29) is 11.7 Å². The summed E-state index contributed by atoms with van der Waals surface area (Å²) >= 11 is 5.52. The lowest BCUT2D eigenvalue weighted by Gasteiger charge is -2.01. The van der Waals surface area contributed by atoms with E-state index >= 15 is 0 Å². The predicted octanol–water partition coefficient (Wildman–Crippen LogP) is 2.66. The number of carbonyl (C=O) groups excluding carboxylic acids is 1. The van der Waals surface area contributed by atoms with Crippen LogP contribution in [-0.2, 0) is 0 Å². The Labute approximate surface area is 86.5 Å². The van der Waals surface area contributed by atoms with Gasteiger partial charge in [-0.3, -0.25) is 9.78 Å². The Morgan fingerprint density at radius 1 is 1.29 bits per heavy atom. The Morgan fingerprint density at radius 3 is 2.86 bits per heavy atom. The van der Waals surface area contributed by atoms with Crippen LogP contribution in [0.4, 0.5) is 0 Å². The van der Waals surface area contributed by atoms with Gasteiger partial charge >= 0.3 is 0 Å². The largest absolute Gasteiger partial charge is 0.293 e. The van der Waals surface area contributed by atoms with Gasteiger partial charge in [0.15, 0.2) is 5.78 Å². The average Bonchev–Trinajstić information content (AvgIpc) is 2.27.